The van der Waals surface area contributed by atoms with E-state index in [1.165, 1.54) is 36.8 Å². The molecular formula is C19H29NO2. The van der Waals surface area contributed by atoms with E-state index in [0.29, 0.717) is 17.9 Å². The molecule has 1 saturated heterocycles. The van der Waals surface area contributed by atoms with Gasteiger partial charge in [-0.25, -0.2) is 0 Å². The van der Waals surface area contributed by atoms with Crippen LogP contribution in [0.1, 0.15) is 50.2 Å². The lowest BCUT2D eigenvalue weighted by Gasteiger charge is -2.38. The van der Waals surface area contributed by atoms with Gasteiger partial charge in [-0.3, -0.25) is 4.90 Å². The molecule has 22 heavy (non-hydrogen) atoms. The first-order valence-electron chi connectivity index (χ1n) is 8.93. The maximum absolute atomic E-state index is 10.0. The molecule has 3 rings (SSSR count). The number of nitrogens with zero attached hydrogens (tertiary/aromatic N) is 1. The van der Waals surface area contributed by atoms with Crippen LogP contribution in [0, 0.1) is 0 Å². The van der Waals surface area contributed by atoms with Crippen LogP contribution in [0.15, 0.2) is 18.2 Å². The molecule has 1 N–H and O–H groups in total. The lowest BCUT2D eigenvalue weighted by atomic mass is 9.86. The Hall–Kier alpha value is -1.06. The van der Waals surface area contributed by atoms with Crippen LogP contribution in [0.4, 0.5) is 0 Å². The number of hydrogen-bond donors (Lipinski definition) is 1. The first-order chi connectivity index (χ1) is 10.8. The Kier molecular flexibility index (Phi) is 5.37. The zero-order valence-corrected chi connectivity index (χ0v) is 13.8. The van der Waals surface area contributed by atoms with E-state index in [1.54, 1.807) is 0 Å². The van der Waals surface area contributed by atoms with Crippen molar-refractivity contribution in [3.8, 4) is 5.75 Å². The van der Waals surface area contributed by atoms with Crippen molar-refractivity contribution in [3.63, 3.8) is 0 Å². The van der Waals surface area contributed by atoms with Crippen molar-refractivity contribution in [2.24, 2.45) is 0 Å². The summed E-state index contributed by atoms with van der Waals surface area (Å²) < 4.78 is 5.95. The van der Waals surface area contributed by atoms with E-state index in [0.717, 1.165) is 39.0 Å². The highest BCUT2D eigenvalue weighted by atomic mass is 16.5. The molecule has 0 saturated carbocycles. The zero-order valence-electron chi connectivity index (χ0n) is 13.8. The average molecular weight is 303 g/mol. The normalized spacial score (nSPS) is 25.2. The molecule has 1 aromatic rings. The van der Waals surface area contributed by atoms with E-state index in [4.69, 9.17) is 4.74 Å². The van der Waals surface area contributed by atoms with Crippen LogP contribution in [-0.2, 0) is 17.6 Å². The lowest BCUT2D eigenvalue weighted by molar-refractivity contribution is -0.0150. The van der Waals surface area contributed by atoms with Crippen molar-refractivity contribution < 1.29 is 9.84 Å². The fraction of sp³-hybridized carbons (Fsp3) is 0.684. The number of aromatic hydroxyl groups is 1. The predicted molar refractivity (Wildman–Crippen MR) is 89.4 cm³/mol. The minimum Gasteiger partial charge on any atom is -0.508 e. The molecule has 1 aliphatic heterocycles. The number of fused-ring (bicyclic) bond motifs is 1. The predicted octanol–water partition coefficient (Wildman–Crippen LogP) is 3.53. The summed E-state index contributed by atoms with van der Waals surface area (Å²) in [6, 6.07) is 6.58. The number of phenols is 1. The maximum Gasteiger partial charge on any atom is 0.119 e. The third-order valence-corrected chi connectivity index (χ3v) is 5.17. The summed E-state index contributed by atoms with van der Waals surface area (Å²) in [5.41, 5.74) is 2.51. The molecule has 0 spiro atoms. The molecule has 0 amide bonds. The Morgan fingerprint density at radius 3 is 2.95 bits per heavy atom. The molecular weight excluding hydrogens is 274 g/mol. The monoisotopic (exact) mass is 303 g/mol. The van der Waals surface area contributed by atoms with Crippen molar-refractivity contribution in [3.05, 3.63) is 29.3 Å². The van der Waals surface area contributed by atoms with Gasteiger partial charge in [0.1, 0.15) is 5.75 Å². The van der Waals surface area contributed by atoms with Crippen LogP contribution < -0.4 is 0 Å². The molecule has 1 heterocycles. The van der Waals surface area contributed by atoms with Crippen molar-refractivity contribution in [1.29, 1.82) is 0 Å². The Balaban J connectivity index is 1.67. The van der Waals surface area contributed by atoms with Gasteiger partial charge in [0.25, 0.3) is 0 Å². The van der Waals surface area contributed by atoms with Gasteiger partial charge in [-0.2, -0.15) is 0 Å². The summed E-state index contributed by atoms with van der Waals surface area (Å²) in [6.45, 7) is 5.43. The van der Waals surface area contributed by atoms with E-state index in [1.807, 2.05) is 12.1 Å². The molecule has 3 nitrogen and oxygen atoms in total. The number of rotatable bonds is 5. The van der Waals surface area contributed by atoms with Gasteiger partial charge < -0.3 is 9.84 Å². The lowest BCUT2D eigenvalue weighted by Crippen LogP contribution is -2.45. The first kappa shape index (κ1) is 15.8. The zero-order chi connectivity index (χ0) is 15.4. The number of ether oxygens (including phenoxy) is 1. The summed E-state index contributed by atoms with van der Waals surface area (Å²) in [4.78, 5) is 2.64. The molecule has 2 unspecified atom stereocenters. The van der Waals surface area contributed by atoms with Crippen molar-refractivity contribution in [2.75, 3.05) is 19.7 Å². The molecule has 1 aromatic carbocycles. The second-order valence-electron chi connectivity index (χ2n) is 6.79. The highest BCUT2D eigenvalue weighted by molar-refractivity contribution is 5.41. The van der Waals surface area contributed by atoms with Crippen molar-refractivity contribution >= 4 is 0 Å². The second-order valence-corrected chi connectivity index (χ2v) is 6.79. The van der Waals surface area contributed by atoms with Gasteiger partial charge in [0.2, 0.25) is 0 Å². The van der Waals surface area contributed by atoms with E-state index in [2.05, 4.69) is 17.9 Å². The Labute approximate surface area is 134 Å². The Bertz CT molecular complexity index is 482. The van der Waals surface area contributed by atoms with Crippen LogP contribution in [0.3, 0.4) is 0 Å². The van der Waals surface area contributed by atoms with Gasteiger partial charge in [-0.15, -0.1) is 0 Å². The molecule has 1 fully saturated rings. The summed E-state index contributed by atoms with van der Waals surface area (Å²) in [5, 5.41) is 10.0. The standard InChI is InChI=1S/C19H29NO2/c1-2-11-20(14-17-7-3-4-12-22-17)16-9-10-18-15(13-16)6-5-8-19(18)21/h5-6,8,16-17,21H,2-4,7,9-14H2,1H3. The SMILES string of the molecule is CCCN(CC1CCCCO1)C1CCc2c(O)cccc2C1. The smallest absolute Gasteiger partial charge is 0.119 e. The van der Waals surface area contributed by atoms with Gasteiger partial charge in [0.05, 0.1) is 6.10 Å². The molecule has 2 aliphatic rings. The third kappa shape index (κ3) is 3.64. The molecule has 2 atom stereocenters. The summed E-state index contributed by atoms with van der Waals surface area (Å²) in [6.07, 6.45) is 8.57. The van der Waals surface area contributed by atoms with Crippen molar-refractivity contribution in [1.82, 2.24) is 4.90 Å². The number of phenolic OH excluding ortho intramolecular Hbond substituents is 1. The van der Waals surface area contributed by atoms with E-state index in [-0.39, 0.29) is 0 Å². The van der Waals surface area contributed by atoms with Gasteiger partial charge >= 0.3 is 0 Å². The van der Waals surface area contributed by atoms with Crippen LogP contribution in [-0.4, -0.2) is 41.8 Å². The van der Waals surface area contributed by atoms with Crippen LogP contribution in [0.25, 0.3) is 0 Å². The maximum atomic E-state index is 10.0. The molecule has 0 bridgehead atoms. The molecule has 1 aliphatic carbocycles. The first-order valence-corrected chi connectivity index (χ1v) is 8.93. The highest BCUT2D eigenvalue weighted by Gasteiger charge is 2.27. The highest BCUT2D eigenvalue weighted by Crippen LogP contribution is 2.31. The van der Waals surface area contributed by atoms with Gasteiger partial charge in [-0.1, -0.05) is 19.1 Å². The number of benzene rings is 1. The molecule has 122 valence electrons. The molecule has 0 aromatic heterocycles. The minimum atomic E-state index is 0.422. The summed E-state index contributed by atoms with van der Waals surface area (Å²) >= 11 is 0. The Morgan fingerprint density at radius 2 is 2.18 bits per heavy atom. The molecule has 0 radical (unpaired) electrons. The van der Waals surface area contributed by atoms with Gasteiger partial charge in [0.15, 0.2) is 0 Å². The quantitative estimate of drug-likeness (QED) is 0.903. The molecule has 3 heteroatoms. The van der Waals surface area contributed by atoms with Crippen LogP contribution in [0.5, 0.6) is 5.75 Å². The van der Waals surface area contributed by atoms with Gasteiger partial charge in [0, 0.05) is 19.2 Å². The third-order valence-electron chi connectivity index (χ3n) is 5.17. The van der Waals surface area contributed by atoms with Gasteiger partial charge in [-0.05, 0) is 68.7 Å². The van der Waals surface area contributed by atoms with Crippen LogP contribution in [0.2, 0.25) is 0 Å². The van der Waals surface area contributed by atoms with E-state index >= 15 is 0 Å². The second kappa shape index (κ2) is 7.47. The fourth-order valence-electron chi connectivity index (χ4n) is 4.00. The van der Waals surface area contributed by atoms with E-state index in [9.17, 15) is 5.11 Å². The van der Waals surface area contributed by atoms with Crippen molar-refractivity contribution in [2.45, 2.75) is 64.0 Å². The largest absolute Gasteiger partial charge is 0.508 e. The topological polar surface area (TPSA) is 32.7 Å². The summed E-state index contributed by atoms with van der Waals surface area (Å²) in [5.74, 6) is 0.480. The summed E-state index contributed by atoms with van der Waals surface area (Å²) in [7, 11) is 0. The number of hydrogen-bond acceptors (Lipinski definition) is 3. The average Bonchev–Trinajstić information content (AvgIpc) is 2.55. The Morgan fingerprint density at radius 1 is 1.27 bits per heavy atom. The van der Waals surface area contributed by atoms with E-state index < -0.39 is 0 Å². The van der Waals surface area contributed by atoms with Crippen LogP contribution >= 0.6 is 0 Å². The fourth-order valence-corrected chi connectivity index (χ4v) is 4.00. The minimum absolute atomic E-state index is 0.422.